The molecule has 3 rings (SSSR count). The molecular formula is C23H31N3O3S. The number of amides is 1. The lowest BCUT2D eigenvalue weighted by Gasteiger charge is -2.33. The van der Waals surface area contributed by atoms with Gasteiger partial charge in [-0.25, -0.2) is 8.42 Å². The maximum atomic E-state index is 12.7. The fraction of sp³-hybridized carbons (Fsp3) is 0.435. The standard InChI is InChI=1S/C23H31N3O3S/c1-3-19(2)21-9-11-22(12-10-21)24-23(27)17-25-13-15-26(16-14-25)30(28,29)18-20-7-5-4-6-8-20/h4-12,19H,3,13-18H2,1-2H3,(H,24,27)/t19-/m1/s1. The van der Waals surface area contributed by atoms with Crippen LogP contribution < -0.4 is 5.32 Å². The van der Waals surface area contributed by atoms with Crippen molar-refractivity contribution < 1.29 is 13.2 Å². The number of benzene rings is 2. The summed E-state index contributed by atoms with van der Waals surface area (Å²) < 4.78 is 26.8. The van der Waals surface area contributed by atoms with Gasteiger partial charge in [0, 0.05) is 31.9 Å². The van der Waals surface area contributed by atoms with Gasteiger partial charge < -0.3 is 5.32 Å². The summed E-state index contributed by atoms with van der Waals surface area (Å²) in [4.78, 5) is 14.4. The number of piperazine rings is 1. The Kier molecular flexibility index (Phi) is 7.64. The van der Waals surface area contributed by atoms with Crippen molar-refractivity contribution in [3.8, 4) is 0 Å². The molecule has 0 unspecified atom stereocenters. The minimum atomic E-state index is -3.34. The van der Waals surface area contributed by atoms with Crippen LogP contribution in [0.1, 0.15) is 37.3 Å². The SMILES string of the molecule is CC[C@@H](C)c1ccc(NC(=O)CN2CCN(S(=O)(=O)Cc3ccccc3)CC2)cc1. The molecule has 1 fully saturated rings. The van der Waals surface area contributed by atoms with E-state index in [9.17, 15) is 13.2 Å². The third-order valence-electron chi connectivity index (χ3n) is 5.66. The van der Waals surface area contributed by atoms with Gasteiger partial charge in [0.05, 0.1) is 12.3 Å². The molecule has 1 amide bonds. The first kappa shape index (κ1) is 22.5. The quantitative estimate of drug-likeness (QED) is 0.699. The normalized spacial score (nSPS) is 16.9. The van der Waals surface area contributed by atoms with Crippen LogP contribution in [0.25, 0.3) is 0 Å². The summed E-state index contributed by atoms with van der Waals surface area (Å²) in [5, 5.41) is 2.94. The lowest BCUT2D eigenvalue weighted by molar-refractivity contribution is -0.117. The summed E-state index contributed by atoms with van der Waals surface area (Å²) >= 11 is 0. The highest BCUT2D eigenvalue weighted by Crippen LogP contribution is 2.20. The highest BCUT2D eigenvalue weighted by atomic mass is 32.2. The highest BCUT2D eigenvalue weighted by molar-refractivity contribution is 7.88. The zero-order chi connectivity index (χ0) is 21.6. The van der Waals surface area contributed by atoms with Crippen molar-refractivity contribution in [1.82, 2.24) is 9.21 Å². The van der Waals surface area contributed by atoms with Crippen LogP contribution in [0.5, 0.6) is 0 Å². The van der Waals surface area contributed by atoms with E-state index in [1.54, 1.807) is 0 Å². The Hall–Kier alpha value is -2.22. The molecule has 30 heavy (non-hydrogen) atoms. The summed E-state index contributed by atoms with van der Waals surface area (Å²) in [6, 6.07) is 17.2. The first-order chi connectivity index (χ1) is 14.4. The zero-order valence-electron chi connectivity index (χ0n) is 17.8. The molecule has 0 radical (unpaired) electrons. The lowest BCUT2D eigenvalue weighted by Crippen LogP contribution is -2.50. The van der Waals surface area contributed by atoms with E-state index in [1.165, 1.54) is 9.87 Å². The van der Waals surface area contributed by atoms with Crippen LogP contribution in [-0.4, -0.2) is 56.3 Å². The average Bonchev–Trinajstić information content (AvgIpc) is 2.74. The van der Waals surface area contributed by atoms with Crippen molar-refractivity contribution in [2.24, 2.45) is 0 Å². The highest BCUT2D eigenvalue weighted by Gasteiger charge is 2.27. The number of anilines is 1. The van der Waals surface area contributed by atoms with E-state index in [-0.39, 0.29) is 18.2 Å². The molecular weight excluding hydrogens is 398 g/mol. The molecule has 0 aliphatic carbocycles. The molecule has 0 spiro atoms. The Morgan fingerprint density at radius 2 is 1.63 bits per heavy atom. The van der Waals surface area contributed by atoms with E-state index in [0.29, 0.717) is 32.1 Å². The van der Waals surface area contributed by atoms with Gasteiger partial charge in [0.25, 0.3) is 0 Å². The maximum absolute atomic E-state index is 12.7. The minimum Gasteiger partial charge on any atom is -0.325 e. The van der Waals surface area contributed by atoms with Gasteiger partial charge in [-0.3, -0.25) is 9.69 Å². The van der Waals surface area contributed by atoms with Crippen molar-refractivity contribution in [2.45, 2.75) is 31.9 Å². The average molecular weight is 430 g/mol. The Morgan fingerprint density at radius 3 is 2.23 bits per heavy atom. The number of hydrogen-bond acceptors (Lipinski definition) is 4. The van der Waals surface area contributed by atoms with Crippen LogP contribution >= 0.6 is 0 Å². The van der Waals surface area contributed by atoms with Crippen molar-refractivity contribution >= 4 is 21.6 Å². The second-order valence-corrected chi connectivity index (χ2v) is 9.87. The van der Waals surface area contributed by atoms with Crippen LogP contribution in [0.3, 0.4) is 0 Å². The van der Waals surface area contributed by atoms with Crippen LogP contribution in [0, 0.1) is 0 Å². The molecule has 7 heteroatoms. The molecule has 0 aromatic heterocycles. The van der Waals surface area contributed by atoms with E-state index in [2.05, 4.69) is 31.3 Å². The number of sulfonamides is 1. The van der Waals surface area contributed by atoms with E-state index < -0.39 is 10.0 Å². The van der Waals surface area contributed by atoms with Crippen molar-refractivity contribution in [3.05, 3.63) is 65.7 Å². The number of rotatable bonds is 8. The van der Waals surface area contributed by atoms with Gasteiger partial charge in [-0.2, -0.15) is 4.31 Å². The molecule has 0 bridgehead atoms. The van der Waals surface area contributed by atoms with E-state index >= 15 is 0 Å². The first-order valence-corrected chi connectivity index (χ1v) is 12.1. The van der Waals surface area contributed by atoms with Crippen molar-refractivity contribution in [1.29, 1.82) is 0 Å². The topological polar surface area (TPSA) is 69.7 Å². The molecule has 2 aromatic rings. The summed E-state index contributed by atoms with van der Waals surface area (Å²) in [7, 11) is -3.34. The summed E-state index contributed by atoms with van der Waals surface area (Å²) in [5.74, 6) is 0.442. The fourth-order valence-corrected chi connectivity index (χ4v) is 5.09. The molecule has 1 N–H and O–H groups in total. The molecule has 6 nitrogen and oxygen atoms in total. The van der Waals surface area contributed by atoms with Crippen molar-refractivity contribution in [2.75, 3.05) is 38.0 Å². The van der Waals surface area contributed by atoms with E-state index in [4.69, 9.17) is 0 Å². The summed E-state index contributed by atoms with van der Waals surface area (Å²) in [5.41, 5.74) is 2.85. The van der Waals surface area contributed by atoms with Gasteiger partial charge in [0.2, 0.25) is 15.9 Å². The second-order valence-electron chi connectivity index (χ2n) is 7.90. The van der Waals surface area contributed by atoms with Gasteiger partial charge in [-0.05, 0) is 35.6 Å². The minimum absolute atomic E-state index is 0.0149. The fourth-order valence-electron chi connectivity index (χ4n) is 3.58. The van der Waals surface area contributed by atoms with Crippen LogP contribution in [-0.2, 0) is 20.6 Å². The number of nitrogens with one attached hydrogen (secondary N) is 1. The summed E-state index contributed by atoms with van der Waals surface area (Å²) in [6.45, 7) is 6.53. The molecule has 1 aliphatic rings. The van der Waals surface area contributed by atoms with E-state index in [1.807, 2.05) is 47.4 Å². The number of nitrogens with zero attached hydrogens (tertiary/aromatic N) is 2. The molecule has 1 atom stereocenters. The third-order valence-corrected chi connectivity index (χ3v) is 7.51. The molecule has 1 heterocycles. The Labute approximate surface area is 179 Å². The van der Waals surface area contributed by atoms with Gasteiger partial charge in [-0.15, -0.1) is 0 Å². The van der Waals surface area contributed by atoms with Crippen LogP contribution in [0.2, 0.25) is 0 Å². The molecule has 0 saturated carbocycles. The van der Waals surface area contributed by atoms with Crippen LogP contribution in [0.15, 0.2) is 54.6 Å². The Balaban J connectivity index is 1.46. The van der Waals surface area contributed by atoms with Crippen molar-refractivity contribution in [3.63, 3.8) is 0 Å². The predicted molar refractivity (Wildman–Crippen MR) is 121 cm³/mol. The Morgan fingerprint density at radius 1 is 1.00 bits per heavy atom. The zero-order valence-corrected chi connectivity index (χ0v) is 18.6. The predicted octanol–water partition coefficient (Wildman–Crippen LogP) is 3.29. The van der Waals surface area contributed by atoms with E-state index in [0.717, 1.165) is 17.7 Å². The monoisotopic (exact) mass is 429 g/mol. The molecule has 1 aliphatic heterocycles. The number of carbonyl (C=O) groups is 1. The molecule has 162 valence electrons. The smallest absolute Gasteiger partial charge is 0.238 e. The third kappa shape index (κ3) is 6.14. The number of hydrogen-bond donors (Lipinski definition) is 1. The van der Waals surface area contributed by atoms with Gasteiger partial charge in [0.1, 0.15) is 0 Å². The molecule has 2 aromatic carbocycles. The number of carbonyl (C=O) groups excluding carboxylic acids is 1. The van der Waals surface area contributed by atoms with Crippen LogP contribution in [0.4, 0.5) is 5.69 Å². The van der Waals surface area contributed by atoms with Gasteiger partial charge in [0.15, 0.2) is 0 Å². The Bertz CT molecular complexity index is 922. The first-order valence-electron chi connectivity index (χ1n) is 10.5. The maximum Gasteiger partial charge on any atom is 0.238 e. The lowest BCUT2D eigenvalue weighted by atomic mass is 9.99. The van der Waals surface area contributed by atoms with Gasteiger partial charge in [-0.1, -0.05) is 56.3 Å². The largest absolute Gasteiger partial charge is 0.325 e. The molecule has 1 saturated heterocycles. The van der Waals surface area contributed by atoms with Gasteiger partial charge >= 0.3 is 0 Å². The second kappa shape index (κ2) is 10.2. The summed E-state index contributed by atoms with van der Waals surface area (Å²) in [6.07, 6.45) is 1.08.